The highest BCUT2D eigenvalue weighted by Crippen LogP contribution is 2.25. The van der Waals surface area contributed by atoms with Gasteiger partial charge in [-0.2, -0.15) is 8.78 Å². The normalized spacial score (nSPS) is 16.8. The van der Waals surface area contributed by atoms with Gasteiger partial charge in [0.05, 0.1) is 6.54 Å². The molecular formula is C15H20BrF2N3O. The van der Waals surface area contributed by atoms with Gasteiger partial charge in [0.2, 0.25) is 0 Å². The first kappa shape index (κ1) is 17.0. The van der Waals surface area contributed by atoms with Crippen molar-refractivity contribution in [1.82, 2.24) is 5.32 Å². The van der Waals surface area contributed by atoms with Crippen LogP contribution in [0.3, 0.4) is 0 Å². The molecule has 22 heavy (non-hydrogen) atoms. The van der Waals surface area contributed by atoms with Crippen LogP contribution in [0.5, 0.6) is 5.75 Å². The van der Waals surface area contributed by atoms with Gasteiger partial charge in [-0.15, -0.1) is 0 Å². The number of guanidine groups is 1. The van der Waals surface area contributed by atoms with E-state index in [1.54, 1.807) is 12.1 Å². The minimum atomic E-state index is -2.86. The van der Waals surface area contributed by atoms with E-state index >= 15 is 0 Å². The van der Waals surface area contributed by atoms with Crippen LogP contribution in [0, 0.1) is 0 Å². The third kappa shape index (κ3) is 5.44. The monoisotopic (exact) mass is 375 g/mol. The van der Waals surface area contributed by atoms with Gasteiger partial charge in [-0.1, -0.05) is 35.2 Å². The summed E-state index contributed by atoms with van der Waals surface area (Å²) in [6, 6.07) is 5.20. The van der Waals surface area contributed by atoms with Gasteiger partial charge in [0.15, 0.2) is 5.96 Å². The van der Waals surface area contributed by atoms with Gasteiger partial charge in [0, 0.05) is 16.1 Å². The van der Waals surface area contributed by atoms with Crippen molar-refractivity contribution in [3.63, 3.8) is 0 Å². The quantitative estimate of drug-likeness (QED) is 0.607. The summed E-state index contributed by atoms with van der Waals surface area (Å²) in [7, 11) is 0. The summed E-state index contributed by atoms with van der Waals surface area (Å²) in [5.74, 6) is 0.460. The highest BCUT2D eigenvalue weighted by atomic mass is 79.9. The second-order valence-corrected chi connectivity index (χ2v) is 6.23. The molecule has 1 aromatic rings. The third-order valence-electron chi connectivity index (χ3n) is 3.62. The van der Waals surface area contributed by atoms with Crippen LogP contribution in [0.2, 0.25) is 0 Å². The molecule has 1 saturated carbocycles. The Morgan fingerprint density at radius 3 is 2.77 bits per heavy atom. The molecule has 1 fully saturated rings. The van der Waals surface area contributed by atoms with E-state index in [4.69, 9.17) is 5.73 Å². The fraction of sp³-hybridized carbons (Fsp3) is 0.533. The zero-order chi connectivity index (χ0) is 15.9. The molecular weight excluding hydrogens is 356 g/mol. The molecule has 2 rings (SSSR count). The fourth-order valence-electron chi connectivity index (χ4n) is 2.55. The Kier molecular flexibility index (Phi) is 6.42. The van der Waals surface area contributed by atoms with Crippen molar-refractivity contribution in [3.05, 3.63) is 28.2 Å². The van der Waals surface area contributed by atoms with Crippen LogP contribution in [0.25, 0.3) is 0 Å². The molecule has 1 aromatic carbocycles. The highest BCUT2D eigenvalue weighted by Gasteiger charge is 2.14. The standard InChI is InChI=1S/C15H20BrF2N3O/c16-11-6-7-13(22-14(17)18)10(8-11)9-20-15(19)21-12-4-2-1-3-5-12/h6-8,12,14H,1-5,9H2,(H3,19,20,21). The second kappa shape index (κ2) is 8.31. The molecule has 0 aliphatic heterocycles. The number of nitrogens with two attached hydrogens (primary N) is 1. The molecule has 0 bridgehead atoms. The lowest BCUT2D eigenvalue weighted by molar-refractivity contribution is -0.0504. The van der Waals surface area contributed by atoms with Crippen LogP contribution >= 0.6 is 15.9 Å². The van der Waals surface area contributed by atoms with Gasteiger partial charge in [-0.05, 0) is 31.0 Å². The molecule has 1 aliphatic rings. The topological polar surface area (TPSA) is 59.6 Å². The second-order valence-electron chi connectivity index (χ2n) is 5.31. The van der Waals surface area contributed by atoms with E-state index < -0.39 is 6.61 Å². The van der Waals surface area contributed by atoms with E-state index in [-0.39, 0.29) is 12.3 Å². The first-order valence-corrected chi connectivity index (χ1v) is 8.13. The molecule has 0 atom stereocenters. The van der Waals surface area contributed by atoms with Gasteiger partial charge in [-0.3, -0.25) is 0 Å². The van der Waals surface area contributed by atoms with Crippen molar-refractivity contribution in [2.45, 2.75) is 51.3 Å². The van der Waals surface area contributed by atoms with E-state index in [0.717, 1.165) is 17.3 Å². The van der Waals surface area contributed by atoms with Crippen molar-refractivity contribution >= 4 is 21.9 Å². The lowest BCUT2D eigenvalue weighted by Crippen LogP contribution is -2.41. The predicted molar refractivity (Wildman–Crippen MR) is 86.1 cm³/mol. The average molecular weight is 376 g/mol. The first-order chi connectivity index (χ1) is 10.5. The number of aliphatic imine (C=N–C) groups is 1. The van der Waals surface area contributed by atoms with Gasteiger partial charge in [0.1, 0.15) is 5.75 Å². The summed E-state index contributed by atoms with van der Waals surface area (Å²) in [4.78, 5) is 4.24. The van der Waals surface area contributed by atoms with E-state index in [0.29, 0.717) is 17.6 Å². The maximum Gasteiger partial charge on any atom is 0.387 e. The molecule has 0 spiro atoms. The van der Waals surface area contributed by atoms with Crippen LogP contribution in [0.4, 0.5) is 8.78 Å². The molecule has 0 unspecified atom stereocenters. The van der Waals surface area contributed by atoms with Crippen molar-refractivity contribution in [1.29, 1.82) is 0 Å². The number of nitrogens with one attached hydrogen (secondary N) is 1. The van der Waals surface area contributed by atoms with Gasteiger partial charge in [-0.25, -0.2) is 4.99 Å². The maximum absolute atomic E-state index is 12.4. The largest absolute Gasteiger partial charge is 0.434 e. The van der Waals surface area contributed by atoms with Crippen molar-refractivity contribution in [2.75, 3.05) is 0 Å². The summed E-state index contributed by atoms with van der Waals surface area (Å²) in [5, 5.41) is 3.19. The fourth-order valence-corrected chi connectivity index (χ4v) is 2.96. The van der Waals surface area contributed by atoms with Crippen molar-refractivity contribution < 1.29 is 13.5 Å². The van der Waals surface area contributed by atoms with Gasteiger partial charge < -0.3 is 15.8 Å². The molecule has 122 valence electrons. The summed E-state index contributed by atoms with van der Waals surface area (Å²) in [6.07, 6.45) is 5.84. The minimum Gasteiger partial charge on any atom is -0.434 e. The van der Waals surface area contributed by atoms with Gasteiger partial charge in [0.25, 0.3) is 0 Å². The lowest BCUT2D eigenvalue weighted by Gasteiger charge is -2.23. The Morgan fingerprint density at radius 2 is 2.09 bits per heavy atom. The maximum atomic E-state index is 12.4. The molecule has 3 N–H and O–H groups in total. The Balaban J connectivity index is 1.99. The number of alkyl halides is 2. The summed E-state index contributed by atoms with van der Waals surface area (Å²) in [6.45, 7) is -2.67. The van der Waals surface area contributed by atoms with E-state index in [9.17, 15) is 8.78 Å². The zero-order valence-electron chi connectivity index (χ0n) is 12.2. The number of nitrogens with zero attached hydrogens (tertiary/aromatic N) is 1. The van der Waals surface area contributed by atoms with Crippen LogP contribution in [-0.4, -0.2) is 18.6 Å². The van der Waals surface area contributed by atoms with E-state index in [1.165, 1.54) is 25.3 Å². The van der Waals surface area contributed by atoms with Crippen molar-refractivity contribution in [2.24, 2.45) is 10.7 Å². The molecule has 4 nitrogen and oxygen atoms in total. The zero-order valence-corrected chi connectivity index (χ0v) is 13.8. The smallest absolute Gasteiger partial charge is 0.387 e. The Morgan fingerprint density at radius 1 is 1.36 bits per heavy atom. The van der Waals surface area contributed by atoms with Crippen LogP contribution in [0.15, 0.2) is 27.7 Å². The van der Waals surface area contributed by atoms with Gasteiger partial charge >= 0.3 is 6.61 Å². The Labute approximate surface area is 137 Å². The molecule has 0 heterocycles. The Bertz CT molecular complexity index is 520. The number of hydrogen-bond donors (Lipinski definition) is 2. The van der Waals surface area contributed by atoms with E-state index in [2.05, 4.69) is 31.0 Å². The number of rotatable bonds is 5. The van der Waals surface area contributed by atoms with Crippen LogP contribution in [0.1, 0.15) is 37.7 Å². The van der Waals surface area contributed by atoms with Crippen LogP contribution < -0.4 is 15.8 Å². The molecule has 0 aromatic heterocycles. The average Bonchev–Trinajstić information content (AvgIpc) is 2.48. The molecule has 0 amide bonds. The number of benzene rings is 1. The lowest BCUT2D eigenvalue weighted by atomic mass is 9.96. The van der Waals surface area contributed by atoms with Crippen LogP contribution in [-0.2, 0) is 6.54 Å². The van der Waals surface area contributed by atoms with Crippen molar-refractivity contribution in [3.8, 4) is 5.75 Å². The molecule has 0 radical (unpaired) electrons. The summed E-state index contributed by atoms with van der Waals surface area (Å²) < 4.78 is 30.1. The SMILES string of the molecule is NC(=NCc1cc(Br)ccc1OC(F)F)NC1CCCCC1. The summed E-state index contributed by atoms with van der Waals surface area (Å²) in [5.41, 5.74) is 6.44. The molecule has 7 heteroatoms. The number of hydrogen-bond acceptors (Lipinski definition) is 2. The highest BCUT2D eigenvalue weighted by molar-refractivity contribution is 9.10. The summed E-state index contributed by atoms with van der Waals surface area (Å²) >= 11 is 3.31. The number of halogens is 3. The van der Waals surface area contributed by atoms with E-state index in [1.807, 2.05) is 0 Å². The Hall–Kier alpha value is -1.37. The minimum absolute atomic E-state index is 0.118. The number of ether oxygens (including phenoxy) is 1. The third-order valence-corrected chi connectivity index (χ3v) is 4.11. The molecule has 1 aliphatic carbocycles. The molecule has 0 saturated heterocycles. The predicted octanol–water partition coefficient (Wildman–Crippen LogP) is 3.79. The first-order valence-electron chi connectivity index (χ1n) is 7.34.